The fourth-order valence-electron chi connectivity index (χ4n) is 0.737. The summed E-state index contributed by atoms with van der Waals surface area (Å²) in [6, 6.07) is 2.48. The molecule has 11 heavy (non-hydrogen) atoms. The van der Waals surface area contributed by atoms with Crippen molar-refractivity contribution in [2.24, 2.45) is 5.73 Å². The summed E-state index contributed by atoms with van der Waals surface area (Å²) in [6.45, 7) is 2.04. The SMILES string of the molecule is CC(N)CSCc1ccsc1. The standard InChI is InChI=1S/C8H13NS2/c1-7(9)4-11-6-8-2-3-10-5-8/h2-3,5,7H,4,6,9H2,1H3. The van der Waals surface area contributed by atoms with Crippen LogP contribution < -0.4 is 5.73 Å². The first-order chi connectivity index (χ1) is 5.29. The summed E-state index contributed by atoms with van der Waals surface area (Å²) in [4.78, 5) is 0. The third-order valence-corrected chi connectivity index (χ3v) is 3.26. The molecule has 0 aliphatic heterocycles. The monoisotopic (exact) mass is 187 g/mol. The van der Waals surface area contributed by atoms with E-state index >= 15 is 0 Å². The summed E-state index contributed by atoms with van der Waals surface area (Å²) in [5.74, 6) is 2.15. The second kappa shape index (κ2) is 4.80. The molecule has 2 N–H and O–H groups in total. The van der Waals surface area contributed by atoms with E-state index in [0.29, 0.717) is 6.04 Å². The number of nitrogens with two attached hydrogens (primary N) is 1. The van der Waals surface area contributed by atoms with Gasteiger partial charge in [0.15, 0.2) is 0 Å². The zero-order chi connectivity index (χ0) is 8.10. The number of thiophene rings is 1. The number of hydrogen-bond donors (Lipinski definition) is 1. The molecule has 0 aliphatic rings. The molecule has 0 aromatic carbocycles. The van der Waals surface area contributed by atoms with Crippen LogP contribution in [0.5, 0.6) is 0 Å². The van der Waals surface area contributed by atoms with E-state index in [1.807, 2.05) is 18.7 Å². The van der Waals surface area contributed by atoms with Gasteiger partial charge < -0.3 is 5.73 Å². The van der Waals surface area contributed by atoms with Gasteiger partial charge in [0.2, 0.25) is 0 Å². The highest BCUT2D eigenvalue weighted by molar-refractivity contribution is 7.98. The highest BCUT2D eigenvalue weighted by Crippen LogP contribution is 2.14. The zero-order valence-electron chi connectivity index (χ0n) is 6.62. The first-order valence-electron chi connectivity index (χ1n) is 3.63. The van der Waals surface area contributed by atoms with Crippen molar-refractivity contribution in [2.45, 2.75) is 18.7 Å². The molecule has 0 aliphatic carbocycles. The van der Waals surface area contributed by atoms with Gasteiger partial charge in [-0.2, -0.15) is 23.1 Å². The lowest BCUT2D eigenvalue weighted by molar-refractivity contribution is 0.847. The van der Waals surface area contributed by atoms with Crippen LogP contribution in [0.4, 0.5) is 0 Å². The number of hydrogen-bond acceptors (Lipinski definition) is 3. The number of thioether (sulfide) groups is 1. The third kappa shape index (κ3) is 3.79. The molecule has 1 unspecified atom stereocenters. The highest BCUT2D eigenvalue weighted by atomic mass is 32.2. The van der Waals surface area contributed by atoms with Crippen molar-refractivity contribution in [1.82, 2.24) is 0 Å². The lowest BCUT2D eigenvalue weighted by Crippen LogP contribution is -2.17. The molecule has 0 bridgehead atoms. The third-order valence-electron chi connectivity index (χ3n) is 1.23. The molecule has 0 amide bonds. The Morgan fingerprint density at radius 3 is 3.09 bits per heavy atom. The van der Waals surface area contributed by atoms with E-state index in [-0.39, 0.29) is 0 Å². The maximum Gasteiger partial charge on any atom is 0.0193 e. The van der Waals surface area contributed by atoms with Crippen LogP contribution in [0.3, 0.4) is 0 Å². The summed E-state index contributed by atoms with van der Waals surface area (Å²) in [5, 5.41) is 4.30. The predicted octanol–water partition coefficient (Wildman–Crippen LogP) is 2.33. The Kier molecular flexibility index (Phi) is 3.97. The minimum absolute atomic E-state index is 0.318. The van der Waals surface area contributed by atoms with Crippen molar-refractivity contribution in [1.29, 1.82) is 0 Å². The van der Waals surface area contributed by atoms with E-state index in [9.17, 15) is 0 Å². The van der Waals surface area contributed by atoms with Gasteiger partial charge in [-0.15, -0.1) is 0 Å². The van der Waals surface area contributed by atoms with Crippen molar-refractivity contribution < 1.29 is 0 Å². The fourth-order valence-corrected chi connectivity index (χ4v) is 2.42. The summed E-state index contributed by atoms with van der Waals surface area (Å²) >= 11 is 3.65. The van der Waals surface area contributed by atoms with Crippen LogP contribution in [0.25, 0.3) is 0 Å². The van der Waals surface area contributed by atoms with Crippen LogP contribution >= 0.6 is 23.1 Å². The van der Waals surface area contributed by atoms with Crippen LogP contribution in [0.1, 0.15) is 12.5 Å². The van der Waals surface area contributed by atoms with Gasteiger partial charge in [-0.25, -0.2) is 0 Å². The Morgan fingerprint density at radius 2 is 2.55 bits per heavy atom. The number of rotatable bonds is 4. The Balaban J connectivity index is 2.14. The van der Waals surface area contributed by atoms with E-state index < -0.39 is 0 Å². The molecule has 3 heteroatoms. The van der Waals surface area contributed by atoms with Crippen molar-refractivity contribution in [3.8, 4) is 0 Å². The minimum atomic E-state index is 0.318. The Hall–Kier alpha value is 0.01000. The molecular weight excluding hydrogens is 174 g/mol. The summed E-state index contributed by atoms with van der Waals surface area (Å²) in [5.41, 5.74) is 7.03. The van der Waals surface area contributed by atoms with Gasteiger partial charge in [0.25, 0.3) is 0 Å². The lowest BCUT2D eigenvalue weighted by atomic mass is 10.4. The van der Waals surface area contributed by atoms with Crippen LogP contribution in [0, 0.1) is 0 Å². The van der Waals surface area contributed by atoms with Crippen LogP contribution in [0.2, 0.25) is 0 Å². The normalized spacial score (nSPS) is 13.3. The Labute approximate surface area is 76.0 Å². The van der Waals surface area contributed by atoms with Gasteiger partial charge in [0.05, 0.1) is 0 Å². The topological polar surface area (TPSA) is 26.0 Å². The zero-order valence-corrected chi connectivity index (χ0v) is 8.25. The minimum Gasteiger partial charge on any atom is -0.327 e. The second-order valence-electron chi connectivity index (χ2n) is 2.62. The van der Waals surface area contributed by atoms with Gasteiger partial charge >= 0.3 is 0 Å². The van der Waals surface area contributed by atoms with E-state index in [1.165, 1.54) is 5.56 Å². The summed E-state index contributed by atoms with van der Waals surface area (Å²) < 4.78 is 0. The van der Waals surface area contributed by atoms with E-state index in [2.05, 4.69) is 16.8 Å². The molecule has 1 heterocycles. The molecule has 0 fully saturated rings. The smallest absolute Gasteiger partial charge is 0.0193 e. The van der Waals surface area contributed by atoms with Crippen molar-refractivity contribution in [2.75, 3.05) is 5.75 Å². The van der Waals surface area contributed by atoms with Gasteiger partial charge in [-0.05, 0) is 29.3 Å². The average molecular weight is 187 g/mol. The van der Waals surface area contributed by atoms with Crippen molar-refractivity contribution in [3.63, 3.8) is 0 Å². The maximum atomic E-state index is 5.61. The van der Waals surface area contributed by atoms with E-state index in [0.717, 1.165) is 11.5 Å². The molecule has 0 radical (unpaired) electrons. The maximum absolute atomic E-state index is 5.61. The molecule has 1 rings (SSSR count). The van der Waals surface area contributed by atoms with Gasteiger partial charge in [-0.1, -0.05) is 0 Å². The molecule has 0 spiro atoms. The highest BCUT2D eigenvalue weighted by Gasteiger charge is 1.95. The van der Waals surface area contributed by atoms with Gasteiger partial charge in [-0.3, -0.25) is 0 Å². The van der Waals surface area contributed by atoms with Gasteiger partial charge in [0, 0.05) is 17.5 Å². The molecular formula is C8H13NS2. The fraction of sp³-hybridized carbons (Fsp3) is 0.500. The van der Waals surface area contributed by atoms with Crippen molar-refractivity contribution >= 4 is 23.1 Å². The van der Waals surface area contributed by atoms with E-state index in [1.54, 1.807) is 11.3 Å². The molecule has 1 aromatic rings. The average Bonchev–Trinajstić information content (AvgIpc) is 2.39. The predicted molar refractivity (Wildman–Crippen MR) is 54.1 cm³/mol. The molecule has 1 atom stereocenters. The van der Waals surface area contributed by atoms with Crippen LogP contribution in [-0.2, 0) is 5.75 Å². The molecule has 62 valence electrons. The Bertz CT molecular complexity index is 182. The lowest BCUT2D eigenvalue weighted by Gasteiger charge is -2.02. The largest absolute Gasteiger partial charge is 0.327 e. The summed E-state index contributed by atoms with van der Waals surface area (Å²) in [6.07, 6.45) is 0. The molecule has 0 saturated carbocycles. The molecule has 1 aromatic heterocycles. The molecule has 1 nitrogen and oxygen atoms in total. The summed E-state index contributed by atoms with van der Waals surface area (Å²) in [7, 11) is 0. The first-order valence-corrected chi connectivity index (χ1v) is 5.73. The van der Waals surface area contributed by atoms with Crippen LogP contribution in [0.15, 0.2) is 16.8 Å². The van der Waals surface area contributed by atoms with Gasteiger partial charge in [0.1, 0.15) is 0 Å². The van der Waals surface area contributed by atoms with Crippen LogP contribution in [-0.4, -0.2) is 11.8 Å². The first kappa shape index (κ1) is 9.10. The Morgan fingerprint density at radius 1 is 1.73 bits per heavy atom. The quantitative estimate of drug-likeness (QED) is 0.783. The van der Waals surface area contributed by atoms with Crippen molar-refractivity contribution in [3.05, 3.63) is 22.4 Å². The molecule has 0 saturated heterocycles. The second-order valence-corrected chi connectivity index (χ2v) is 4.43. The van der Waals surface area contributed by atoms with E-state index in [4.69, 9.17) is 5.73 Å².